The number of piperazine rings is 1. The van der Waals surface area contributed by atoms with Crippen molar-refractivity contribution in [1.29, 1.82) is 0 Å². The first kappa shape index (κ1) is 25.4. The summed E-state index contributed by atoms with van der Waals surface area (Å²) in [5.41, 5.74) is 3.08. The minimum absolute atomic E-state index is 0.0300. The van der Waals surface area contributed by atoms with Gasteiger partial charge in [-0.2, -0.15) is 9.97 Å². The summed E-state index contributed by atoms with van der Waals surface area (Å²) in [5.74, 6) is 0.826. The monoisotopic (exact) mass is 524 g/mol. The van der Waals surface area contributed by atoms with Crippen LogP contribution in [0.3, 0.4) is 0 Å². The molecule has 2 aromatic carbocycles. The summed E-state index contributed by atoms with van der Waals surface area (Å²) in [6, 6.07) is 17.9. The highest BCUT2D eigenvalue weighted by molar-refractivity contribution is 6.00. The number of amides is 1. The maximum absolute atomic E-state index is 12.4. The molecule has 2 fully saturated rings. The molecule has 2 aromatic heterocycles. The van der Waals surface area contributed by atoms with Crippen LogP contribution >= 0.6 is 0 Å². The van der Waals surface area contributed by atoms with Gasteiger partial charge in [0.2, 0.25) is 5.91 Å². The highest BCUT2D eigenvalue weighted by Crippen LogP contribution is 2.36. The number of rotatable bonds is 6. The molecule has 2 aliphatic heterocycles. The molecule has 0 radical (unpaired) electrons. The predicted molar refractivity (Wildman–Crippen MR) is 156 cm³/mol. The standard InChI is InChI=1S/C31H36N6O2/c1-5-28(38)37-17-16-36(19-21(37)2)30-26-18-27(25-14-8-11-22-10-6-7-13-24(22)25)35(4)29(26)32-31(33-30)39-20-23-12-9-15-34(23)3/h5-8,10-11,13-14,18,21,23H,1,9,12,15-17,19-20H2,2-4H3/t21-,23-/m0/s1. The molecule has 202 valence electrons. The fourth-order valence-electron chi connectivity index (χ4n) is 6.13. The molecule has 0 saturated carbocycles. The number of aryl methyl sites for hydroxylation is 1. The molecule has 2 atom stereocenters. The predicted octanol–water partition coefficient (Wildman–Crippen LogP) is 4.48. The van der Waals surface area contributed by atoms with E-state index in [4.69, 9.17) is 14.7 Å². The fraction of sp³-hybridized carbons (Fsp3) is 0.387. The van der Waals surface area contributed by atoms with Crippen LogP contribution < -0.4 is 9.64 Å². The van der Waals surface area contributed by atoms with E-state index >= 15 is 0 Å². The van der Waals surface area contributed by atoms with E-state index in [0.29, 0.717) is 38.3 Å². The van der Waals surface area contributed by atoms with Crippen LogP contribution in [-0.2, 0) is 11.8 Å². The Hall–Kier alpha value is -3.91. The third kappa shape index (κ3) is 4.63. The number of carbonyl (C=O) groups excluding carboxylic acids is 1. The Morgan fingerprint density at radius 1 is 1.08 bits per heavy atom. The highest BCUT2D eigenvalue weighted by Gasteiger charge is 2.30. The summed E-state index contributed by atoms with van der Waals surface area (Å²) in [7, 11) is 4.21. The Morgan fingerprint density at radius 2 is 1.90 bits per heavy atom. The van der Waals surface area contributed by atoms with Crippen molar-refractivity contribution in [2.75, 3.05) is 44.7 Å². The Morgan fingerprint density at radius 3 is 2.67 bits per heavy atom. The van der Waals surface area contributed by atoms with Gasteiger partial charge in [-0.05, 0) is 56.3 Å². The van der Waals surface area contributed by atoms with Crippen LogP contribution in [0.5, 0.6) is 6.01 Å². The maximum atomic E-state index is 12.4. The Kier molecular flexibility index (Phi) is 6.73. The number of hydrogen-bond donors (Lipinski definition) is 0. The van der Waals surface area contributed by atoms with Crippen LogP contribution in [0.15, 0.2) is 61.2 Å². The second kappa shape index (κ2) is 10.3. The Bertz CT molecular complexity index is 1540. The van der Waals surface area contributed by atoms with Gasteiger partial charge in [-0.1, -0.05) is 49.0 Å². The van der Waals surface area contributed by atoms with Gasteiger partial charge in [-0.3, -0.25) is 4.79 Å². The van der Waals surface area contributed by atoms with Crippen molar-refractivity contribution in [1.82, 2.24) is 24.3 Å². The van der Waals surface area contributed by atoms with Crippen LogP contribution in [0.25, 0.3) is 33.1 Å². The summed E-state index contributed by atoms with van der Waals surface area (Å²) in [5, 5.41) is 3.39. The third-order valence-electron chi connectivity index (χ3n) is 8.37. The van der Waals surface area contributed by atoms with Gasteiger partial charge < -0.3 is 24.0 Å². The number of benzene rings is 2. The number of hydrogen-bond acceptors (Lipinski definition) is 6. The third-order valence-corrected chi connectivity index (χ3v) is 8.37. The molecule has 4 heterocycles. The summed E-state index contributed by atoms with van der Waals surface area (Å²) in [6.45, 7) is 9.38. The van der Waals surface area contributed by atoms with Gasteiger partial charge in [-0.15, -0.1) is 0 Å². The molecule has 0 N–H and O–H groups in total. The smallest absolute Gasteiger partial charge is 0.320 e. The van der Waals surface area contributed by atoms with E-state index in [-0.39, 0.29) is 11.9 Å². The summed E-state index contributed by atoms with van der Waals surface area (Å²) >= 11 is 0. The molecule has 2 aliphatic rings. The lowest BCUT2D eigenvalue weighted by atomic mass is 10.0. The summed E-state index contributed by atoms with van der Waals surface area (Å²) in [4.78, 5) is 28.8. The molecule has 39 heavy (non-hydrogen) atoms. The lowest BCUT2D eigenvalue weighted by molar-refractivity contribution is -0.128. The Labute approximate surface area is 229 Å². The first-order valence-corrected chi connectivity index (χ1v) is 13.8. The molecule has 2 saturated heterocycles. The molecule has 1 amide bonds. The van der Waals surface area contributed by atoms with Crippen molar-refractivity contribution in [3.05, 3.63) is 61.2 Å². The van der Waals surface area contributed by atoms with Crippen LogP contribution in [-0.4, -0.2) is 82.2 Å². The lowest BCUT2D eigenvalue weighted by Gasteiger charge is -2.40. The van der Waals surface area contributed by atoms with Gasteiger partial charge >= 0.3 is 6.01 Å². The average Bonchev–Trinajstić information content (AvgIpc) is 3.52. The molecule has 0 unspecified atom stereocenters. The van der Waals surface area contributed by atoms with E-state index in [1.807, 2.05) is 4.90 Å². The minimum atomic E-state index is -0.0300. The van der Waals surface area contributed by atoms with E-state index < -0.39 is 0 Å². The van der Waals surface area contributed by atoms with E-state index in [1.165, 1.54) is 23.3 Å². The number of likely N-dealkylation sites (N-methyl/N-ethyl adjacent to an activating group) is 1. The van der Waals surface area contributed by atoms with Crippen molar-refractivity contribution >= 4 is 33.5 Å². The van der Waals surface area contributed by atoms with Gasteiger partial charge in [0, 0.05) is 44.3 Å². The number of aromatic nitrogens is 3. The van der Waals surface area contributed by atoms with Crippen molar-refractivity contribution in [2.24, 2.45) is 7.05 Å². The number of anilines is 1. The average molecular weight is 525 g/mol. The molecular weight excluding hydrogens is 488 g/mol. The van der Waals surface area contributed by atoms with E-state index in [1.54, 1.807) is 0 Å². The molecule has 0 spiro atoms. The summed E-state index contributed by atoms with van der Waals surface area (Å²) in [6.07, 6.45) is 3.71. The van der Waals surface area contributed by atoms with Crippen molar-refractivity contribution in [3.63, 3.8) is 0 Å². The highest BCUT2D eigenvalue weighted by atomic mass is 16.5. The van der Waals surface area contributed by atoms with Gasteiger partial charge in [0.1, 0.15) is 18.1 Å². The number of ether oxygens (including phenoxy) is 1. The van der Waals surface area contributed by atoms with Crippen LogP contribution in [0.2, 0.25) is 0 Å². The van der Waals surface area contributed by atoms with E-state index in [0.717, 1.165) is 41.1 Å². The fourth-order valence-corrected chi connectivity index (χ4v) is 6.13. The molecule has 4 aromatic rings. The van der Waals surface area contributed by atoms with Gasteiger partial charge in [-0.25, -0.2) is 0 Å². The van der Waals surface area contributed by atoms with Crippen LogP contribution in [0.1, 0.15) is 19.8 Å². The second-order valence-electron chi connectivity index (χ2n) is 10.8. The molecule has 8 heteroatoms. The van der Waals surface area contributed by atoms with Crippen molar-refractivity contribution < 1.29 is 9.53 Å². The number of nitrogens with zero attached hydrogens (tertiary/aromatic N) is 6. The van der Waals surface area contributed by atoms with E-state index in [2.05, 4.69) is 90.5 Å². The number of likely N-dealkylation sites (tertiary alicyclic amines) is 1. The van der Waals surface area contributed by atoms with E-state index in [9.17, 15) is 4.79 Å². The molecule has 8 nitrogen and oxygen atoms in total. The first-order chi connectivity index (χ1) is 18.9. The number of carbonyl (C=O) groups is 1. The second-order valence-corrected chi connectivity index (χ2v) is 10.8. The van der Waals surface area contributed by atoms with Crippen molar-refractivity contribution in [2.45, 2.75) is 31.8 Å². The first-order valence-electron chi connectivity index (χ1n) is 13.8. The molecule has 0 aliphatic carbocycles. The quantitative estimate of drug-likeness (QED) is 0.347. The zero-order valence-electron chi connectivity index (χ0n) is 23.0. The molecule has 0 bridgehead atoms. The largest absolute Gasteiger partial charge is 0.462 e. The normalized spacial score (nSPS) is 20.2. The topological polar surface area (TPSA) is 66.7 Å². The van der Waals surface area contributed by atoms with Gasteiger partial charge in [0.05, 0.1) is 11.1 Å². The maximum Gasteiger partial charge on any atom is 0.320 e. The number of fused-ring (bicyclic) bond motifs is 2. The Balaban J connectivity index is 1.43. The zero-order valence-corrected chi connectivity index (χ0v) is 23.0. The van der Waals surface area contributed by atoms with Gasteiger partial charge in [0.25, 0.3) is 0 Å². The van der Waals surface area contributed by atoms with Crippen LogP contribution in [0.4, 0.5) is 5.82 Å². The van der Waals surface area contributed by atoms with Crippen LogP contribution in [0, 0.1) is 0 Å². The molecular formula is C31H36N6O2. The minimum Gasteiger partial charge on any atom is -0.462 e. The SMILES string of the molecule is C=CC(=O)N1CCN(c2nc(OC[C@@H]3CCCN3C)nc3c2cc(-c2cccc4ccccc24)n3C)C[C@@H]1C. The van der Waals surface area contributed by atoms with Crippen molar-refractivity contribution in [3.8, 4) is 17.3 Å². The lowest BCUT2D eigenvalue weighted by Crippen LogP contribution is -2.54. The molecule has 6 rings (SSSR count). The van der Waals surface area contributed by atoms with Gasteiger partial charge in [0.15, 0.2) is 0 Å². The zero-order chi connectivity index (χ0) is 27.1. The summed E-state index contributed by atoms with van der Waals surface area (Å²) < 4.78 is 8.41.